The summed E-state index contributed by atoms with van der Waals surface area (Å²) >= 11 is 0. The van der Waals surface area contributed by atoms with E-state index >= 15 is 0 Å². The maximum absolute atomic E-state index is 9.73. The monoisotopic (exact) mass is 443 g/mol. The third-order valence-electron chi connectivity index (χ3n) is 6.13. The molecule has 1 aliphatic rings. The van der Waals surface area contributed by atoms with Crippen molar-refractivity contribution >= 4 is 5.57 Å². The van der Waals surface area contributed by atoms with Crippen molar-refractivity contribution in [3.63, 3.8) is 0 Å². The predicted octanol–water partition coefficient (Wildman–Crippen LogP) is 5.25. The maximum atomic E-state index is 9.73. The van der Waals surface area contributed by atoms with E-state index in [1.807, 2.05) is 56.6 Å². The van der Waals surface area contributed by atoms with E-state index in [1.165, 1.54) is 42.6 Å². The highest BCUT2D eigenvalue weighted by Gasteiger charge is 2.13. The number of aliphatic hydroxyl groups excluding tert-OH is 1. The maximum Gasteiger partial charge on any atom is 0.0940 e. The number of pyridine rings is 1. The molecule has 1 saturated heterocycles. The molecular formula is C29H37N3O. The molecule has 4 nitrogen and oxygen atoms in total. The van der Waals surface area contributed by atoms with Crippen LogP contribution < -0.4 is 5.32 Å². The minimum Gasteiger partial charge on any atom is -0.387 e. The molecule has 0 saturated carbocycles. The zero-order valence-corrected chi connectivity index (χ0v) is 20.1. The van der Waals surface area contributed by atoms with E-state index in [-0.39, 0.29) is 6.04 Å². The van der Waals surface area contributed by atoms with Crippen LogP contribution in [-0.2, 0) is 0 Å². The average Bonchev–Trinajstić information content (AvgIpc) is 3.39. The fourth-order valence-corrected chi connectivity index (χ4v) is 3.91. The Hall–Kier alpha value is -2.79. The van der Waals surface area contributed by atoms with Crippen molar-refractivity contribution in [2.45, 2.75) is 38.8 Å². The molecule has 2 atom stereocenters. The van der Waals surface area contributed by atoms with Gasteiger partial charge in [-0.15, -0.1) is 0 Å². The van der Waals surface area contributed by atoms with Crippen molar-refractivity contribution in [2.24, 2.45) is 0 Å². The molecule has 1 fully saturated rings. The first-order chi connectivity index (χ1) is 16.1. The standard InChI is InChI=1S/C19H22N2.C10H15NO/c1-16-7-9-17(10-8-16)18(19-6-2-3-12-20-19)11-15-21-13-4-5-14-21;1-8(11-2)10(12)9-6-4-3-5-7-9/h2-3,6-12H,4-5,13-15H2,1H3;3-8,10-12H,1-2H3/b18-11+;/t;8-,10+/m.0/s1. The van der Waals surface area contributed by atoms with Crippen LogP contribution in [0.2, 0.25) is 0 Å². The van der Waals surface area contributed by atoms with Gasteiger partial charge in [0.1, 0.15) is 0 Å². The van der Waals surface area contributed by atoms with E-state index in [1.54, 1.807) is 0 Å². The molecular weight excluding hydrogens is 406 g/mol. The minimum atomic E-state index is -0.420. The van der Waals surface area contributed by atoms with Gasteiger partial charge in [-0.05, 0) is 70.1 Å². The Morgan fingerprint density at radius 1 is 1.00 bits per heavy atom. The number of benzene rings is 2. The zero-order valence-electron chi connectivity index (χ0n) is 20.1. The van der Waals surface area contributed by atoms with Crippen LogP contribution in [0, 0.1) is 6.92 Å². The van der Waals surface area contributed by atoms with Gasteiger partial charge in [0, 0.05) is 24.4 Å². The van der Waals surface area contributed by atoms with E-state index in [2.05, 4.69) is 64.6 Å². The normalized spacial score (nSPS) is 16.1. The summed E-state index contributed by atoms with van der Waals surface area (Å²) in [5.74, 6) is 0. The lowest BCUT2D eigenvalue weighted by Crippen LogP contribution is -2.28. The number of aromatic nitrogens is 1. The first kappa shape index (κ1) is 24.8. The van der Waals surface area contributed by atoms with Gasteiger partial charge in [-0.3, -0.25) is 9.88 Å². The van der Waals surface area contributed by atoms with E-state index in [9.17, 15) is 5.11 Å². The average molecular weight is 444 g/mol. The fourth-order valence-electron chi connectivity index (χ4n) is 3.91. The molecule has 4 rings (SSSR count). The summed E-state index contributed by atoms with van der Waals surface area (Å²) in [6.45, 7) is 7.54. The largest absolute Gasteiger partial charge is 0.387 e. The number of hydrogen-bond acceptors (Lipinski definition) is 4. The molecule has 0 amide bonds. The van der Waals surface area contributed by atoms with Gasteiger partial charge in [-0.25, -0.2) is 0 Å². The van der Waals surface area contributed by atoms with Crippen molar-refractivity contribution in [3.8, 4) is 0 Å². The fraction of sp³-hybridized carbons (Fsp3) is 0.345. The van der Waals surface area contributed by atoms with Gasteiger partial charge in [0.15, 0.2) is 0 Å². The molecule has 33 heavy (non-hydrogen) atoms. The van der Waals surface area contributed by atoms with Crippen LogP contribution >= 0.6 is 0 Å². The highest BCUT2D eigenvalue weighted by atomic mass is 16.3. The number of nitrogens with one attached hydrogen (secondary N) is 1. The van der Waals surface area contributed by atoms with Crippen LogP contribution in [0.4, 0.5) is 0 Å². The first-order valence-corrected chi connectivity index (χ1v) is 11.9. The Kier molecular flexibility index (Phi) is 9.82. The summed E-state index contributed by atoms with van der Waals surface area (Å²) in [6.07, 6.45) is 6.44. The number of aliphatic hydroxyl groups is 1. The van der Waals surface area contributed by atoms with Crippen LogP contribution in [0.3, 0.4) is 0 Å². The first-order valence-electron chi connectivity index (χ1n) is 11.9. The topological polar surface area (TPSA) is 48.4 Å². The van der Waals surface area contributed by atoms with Crippen LogP contribution in [0.25, 0.3) is 5.57 Å². The number of likely N-dealkylation sites (tertiary alicyclic amines) is 1. The quantitative estimate of drug-likeness (QED) is 0.524. The number of hydrogen-bond donors (Lipinski definition) is 2. The number of rotatable bonds is 7. The van der Waals surface area contributed by atoms with Gasteiger partial charge >= 0.3 is 0 Å². The third kappa shape index (κ3) is 7.64. The molecule has 0 unspecified atom stereocenters. The van der Waals surface area contributed by atoms with Crippen molar-refractivity contribution in [3.05, 3.63) is 107 Å². The number of nitrogens with zero attached hydrogens (tertiary/aromatic N) is 2. The molecule has 0 aliphatic carbocycles. The Balaban J connectivity index is 0.000000218. The van der Waals surface area contributed by atoms with Crippen LogP contribution in [0.1, 0.15) is 48.3 Å². The Bertz CT molecular complexity index is 965. The Morgan fingerprint density at radius 2 is 1.67 bits per heavy atom. The Labute approximate surface area is 199 Å². The van der Waals surface area contributed by atoms with E-state index in [0.717, 1.165) is 17.8 Å². The van der Waals surface area contributed by atoms with Gasteiger partial charge in [-0.2, -0.15) is 0 Å². The van der Waals surface area contributed by atoms with E-state index in [4.69, 9.17) is 0 Å². The van der Waals surface area contributed by atoms with Gasteiger partial charge in [0.05, 0.1) is 11.8 Å². The molecule has 2 aromatic carbocycles. The Morgan fingerprint density at radius 3 is 2.27 bits per heavy atom. The smallest absolute Gasteiger partial charge is 0.0940 e. The SMILES string of the molecule is CN[C@@H](C)[C@@H](O)c1ccccc1.Cc1ccc(/C(=C\CN2CCCC2)c2ccccn2)cc1. The summed E-state index contributed by atoms with van der Waals surface area (Å²) < 4.78 is 0. The van der Waals surface area contributed by atoms with Gasteiger partial charge < -0.3 is 10.4 Å². The summed E-state index contributed by atoms with van der Waals surface area (Å²) in [7, 11) is 1.84. The van der Waals surface area contributed by atoms with Crippen LogP contribution in [0.5, 0.6) is 0 Å². The molecule has 1 aliphatic heterocycles. The third-order valence-corrected chi connectivity index (χ3v) is 6.13. The van der Waals surface area contributed by atoms with E-state index in [0.29, 0.717) is 0 Å². The molecule has 2 heterocycles. The van der Waals surface area contributed by atoms with Crippen molar-refractivity contribution in [1.29, 1.82) is 0 Å². The highest BCUT2D eigenvalue weighted by molar-refractivity contribution is 5.78. The summed E-state index contributed by atoms with van der Waals surface area (Å²) in [5.41, 5.74) is 5.79. The summed E-state index contributed by atoms with van der Waals surface area (Å²) in [6, 6.07) is 24.6. The minimum absolute atomic E-state index is 0.0902. The second-order valence-electron chi connectivity index (χ2n) is 8.64. The predicted molar refractivity (Wildman–Crippen MR) is 138 cm³/mol. The molecule has 0 radical (unpaired) electrons. The molecule has 0 bridgehead atoms. The molecule has 1 aromatic heterocycles. The number of aryl methyl sites for hydroxylation is 1. The summed E-state index contributed by atoms with van der Waals surface area (Å²) in [4.78, 5) is 7.05. The van der Waals surface area contributed by atoms with Crippen molar-refractivity contribution in [2.75, 3.05) is 26.7 Å². The number of likely N-dealkylation sites (N-methyl/N-ethyl adjacent to an activating group) is 1. The zero-order chi connectivity index (χ0) is 23.5. The van der Waals surface area contributed by atoms with Gasteiger partial charge in [-0.1, -0.05) is 72.3 Å². The lowest BCUT2D eigenvalue weighted by molar-refractivity contribution is 0.140. The van der Waals surface area contributed by atoms with E-state index < -0.39 is 6.10 Å². The second-order valence-corrected chi connectivity index (χ2v) is 8.64. The van der Waals surface area contributed by atoms with Crippen molar-refractivity contribution in [1.82, 2.24) is 15.2 Å². The van der Waals surface area contributed by atoms with Gasteiger partial charge in [0.2, 0.25) is 0 Å². The second kappa shape index (κ2) is 13.0. The molecule has 0 spiro atoms. The van der Waals surface area contributed by atoms with Crippen molar-refractivity contribution < 1.29 is 5.11 Å². The van der Waals surface area contributed by atoms with Crippen LogP contribution in [0.15, 0.2) is 85.1 Å². The molecule has 174 valence electrons. The molecule has 4 heteroatoms. The molecule has 3 aromatic rings. The van der Waals surface area contributed by atoms with Crippen LogP contribution in [-0.4, -0.2) is 47.7 Å². The summed E-state index contributed by atoms with van der Waals surface area (Å²) in [5, 5.41) is 12.7. The lowest BCUT2D eigenvalue weighted by Gasteiger charge is -2.17. The van der Waals surface area contributed by atoms with Gasteiger partial charge in [0.25, 0.3) is 0 Å². The molecule has 2 N–H and O–H groups in total. The highest BCUT2D eigenvalue weighted by Crippen LogP contribution is 2.22. The lowest BCUT2D eigenvalue weighted by atomic mass is 10.0.